The van der Waals surface area contributed by atoms with E-state index < -0.39 is 0 Å². The highest BCUT2D eigenvalue weighted by molar-refractivity contribution is 7.10. The average Bonchev–Trinajstić information content (AvgIpc) is 3.48. The van der Waals surface area contributed by atoms with Crippen molar-refractivity contribution in [1.82, 2.24) is 9.80 Å². The van der Waals surface area contributed by atoms with Crippen LogP contribution in [-0.4, -0.2) is 40.7 Å². The lowest BCUT2D eigenvalue weighted by Gasteiger charge is -2.38. The van der Waals surface area contributed by atoms with Gasteiger partial charge in [-0.15, -0.1) is 11.3 Å². The maximum atomic E-state index is 14.1. The van der Waals surface area contributed by atoms with Crippen LogP contribution in [0.4, 0.5) is 0 Å². The first-order chi connectivity index (χ1) is 19.7. The largest absolute Gasteiger partial charge is 0.330 e. The summed E-state index contributed by atoms with van der Waals surface area (Å²) in [5.74, 6) is -0.118. The van der Waals surface area contributed by atoms with Gasteiger partial charge in [0.25, 0.3) is 5.91 Å². The number of rotatable bonds is 7. The summed E-state index contributed by atoms with van der Waals surface area (Å²) < 4.78 is 0. The SMILES string of the molecule is CC[C@H](C)N(CC(=O)N1CCc2sccc2[C@@H]1c1ccc(C(C)(C)C)cc1)C(=O)c1ccc(-c2ccccc2)cc1. The van der Waals surface area contributed by atoms with E-state index in [4.69, 9.17) is 0 Å². The second kappa shape index (κ2) is 12.0. The van der Waals surface area contributed by atoms with E-state index in [0.717, 1.165) is 29.5 Å². The van der Waals surface area contributed by atoms with Gasteiger partial charge in [0.15, 0.2) is 0 Å². The predicted molar refractivity (Wildman–Crippen MR) is 169 cm³/mol. The zero-order chi connectivity index (χ0) is 29.1. The minimum atomic E-state index is -0.148. The highest BCUT2D eigenvalue weighted by Crippen LogP contribution is 2.38. The molecule has 0 saturated carbocycles. The molecule has 0 N–H and O–H groups in total. The molecule has 2 amide bonds. The second-order valence-corrected chi connectivity index (χ2v) is 13.0. The van der Waals surface area contributed by atoms with Crippen LogP contribution in [0.1, 0.15) is 79.0 Å². The Labute approximate surface area is 248 Å². The van der Waals surface area contributed by atoms with Crippen LogP contribution < -0.4 is 0 Å². The van der Waals surface area contributed by atoms with Gasteiger partial charge in [0, 0.05) is 23.0 Å². The molecule has 1 aliphatic heterocycles. The highest BCUT2D eigenvalue weighted by Gasteiger charge is 2.35. The third kappa shape index (κ3) is 6.15. The minimum Gasteiger partial charge on any atom is -0.330 e. The van der Waals surface area contributed by atoms with Gasteiger partial charge in [-0.05, 0) is 76.6 Å². The van der Waals surface area contributed by atoms with E-state index in [0.29, 0.717) is 12.1 Å². The Morgan fingerprint density at radius 1 is 0.927 bits per heavy atom. The summed E-state index contributed by atoms with van der Waals surface area (Å²) in [7, 11) is 0. The van der Waals surface area contributed by atoms with Crippen LogP contribution in [0.2, 0.25) is 0 Å². The predicted octanol–water partition coefficient (Wildman–Crippen LogP) is 8.13. The number of carbonyl (C=O) groups is 2. The first kappa shape index (κ1) is 28.8. The molecule has 0 radical (unpaired) electrons. The molecule has 1 aromatic heterocycles. The summed E-state index contributed by atoms with van der Waals surface area (Å²) in [6.45, 7) is 11.4. The number of hydrogen-bond donors (Lipinski definition) is 0. The molecule has 4 nitrogen and oxygen atoms in total. The fourth-order valence-corrected chi connectivity index (χ4v) is 6.50. The van der Waals surface area contributed by atoms with E-state index in [9.17, 15) is 9.59 Å². The second-order valence-electron chi connectivity index (χ2n) is 12.0. The Bertz CT molecular complexity index is 1480. The van der Waals surface area contributed by atoms with Crippen molar-refractivity contribution < 1.29 is 9.59 Å². The normalized spacial score (nSPS) is 15.7. The lowest BCUT2D eigenvalue weighted by molar-refractivity contribution is -0.134. The van der Waals surface area contributed by atoms with E-state index >= 15 is 0 Å². The summed E-state index contributed by atoms with van der Waals surface area (Å²) in [6.07, 6.45) is 1.61. The third-order valence-corrected chi connectivity index (χ3v) is 9.30. The number of carbonyl (C=O) groups excluding carboxylic acids is 2. The standard InChI is InChI=1S/C36H40N2O2S/c1-6-25(2)38(35(40)29-14-12-27(13-15-29)26-10-8-7-9-11-26)24-33(39)37-22-20-32-31(21-23-41-32)34(37)28-16-18-30(19-17-28)36(3,4)5/h7-19,21,23,25,34H,6,20,22,24H2,1-5H3/t25-,34-/m0/s1. The lowest BCUT2D eigenvalue weighted by Crippen LogP contribution is -2.49. The monoisotopic (exact) mass is 564 g/mol. The number of hydrogen-bond acceptors (Lipinski definition) is 3. The molecule has 0 unspecified atom stereocenters. The number of thiophene rings is 1. The Kier molecular flexibility index (Phi) is 8.46. The zero-order valence-electron chi connectivity index (χ0n) is 24.8. The van der Waals surface area contributed by atoms with Gasteiger partial charge in [-0.25, -0.2) is 0 Å². The maximum absolute atomic E-state index is 14.1. The summed E-state index contributed by atoms with van der Waals surface area (Å²) in [6, 6.07) is 28.5. The fourth-order valence-electron chi connectivity index (χ4n) is 5.60. The van der Waals surface area contributed by atoms with Gasteiger partial charge >= 0.3 is 0 Å². The van der Waals surface area contributed by atoms with Crippen LogP contribution in [-0.2, 0) is 16.6 Å². The molecule has 5 heteroatoms. The van der Waals surface area contributed by atoms with Gasteiger partial charge in [-0.3, -0.25) is 9.59 Å². The number of benzene rings is 3. The van der Waals surface area contributed by atoms with E-state index in [1.165, 1.54) is 16.0 Å². The van der Waals surface area contributed by atoms with Crippen LogP contribution in [0, 0.1) is 0 Å². The van der Waals surface area contributed by atoms with Crippen molar-refractivity contribution >= 4 is 23.2 Å². The minimum absolute atomic E-state index is 0.0127. The van der Waals surface area contributed by atoms with E-state index in [-0.39, 0.29) is 35.9 Å². The van der Waals surface area contributed by atoms with Crippen molar-refractivity contribution in [3.05, 3.63) is 117 Å². The van der Waals surface area contributed by atoms with Crippen molar-refractivity contribution in [2.45, 2.75) is 65.0 Å². The van der Waals surface area contributed by atoms with Crippen molar-refractivity contribution in [3.63, 3.8) is 0 Å². The van der Waals surface area contributed by atoms with E-state index in [1.54, 1.807) is 16.2 Å². The summed E-state index contributed by atoms with van der Waals surface area (Å²) in [5, 5.41) is 2.13. The summed E-state index contributed by atoms with van der Waals surface area (Å²) in [5.41, 5.74) is 6.43. The van der Waals surface area contributed by atoms with Crippen LogP contribution in [0.25, 0.3) is 11.1 Å². The lowest BCUT2D eigenvalue weighted by atomic mass is 9.85. The molecule has 0 bridgehead atoms. The molecule has 2 heterocycles. The van der Waals surface area contributed by atoms with Crippen molar-refractivity contribution in [3.8, 4) is 11.1 Å². The fraction of sp³-hybridized carbons (Fsp3) is 0.333. The Morgan fingerprint density at radius 3 is 2.22 bits per heavy atom. The average molecular weight is 565 g/mol. The van der Waals surface area contributed by atoms with Gasteiger partial charge in [-0.1, -0.05) is 94.4 Å². The van der Waals surface area contributed by atoms with Crippen molar-refractivity contribution in [2.24, 2.45) is 0 Å². The molecular formula is C36H40N2O2S. The van der Waals surface area contributed by atoms with E-state index in [2.05, 4.69) is 75.5 Å². The van der Waals surface area contributed by atoms with Gasteiger partial charge in [-0.2, -0.15) is 0 Å². The maximum Gasteiger partial charge on any atom is 0.254 e. The Hall–Kier alpha value is -3.70. The van der Waals surface area contributed by atoms with Crippen LogP contribution in [0.3, 0.4) is 0 Å². The van der Waals surface area contributed by atoms with Crippen LogP contribution in [0.5, 0.6) is 0 Å². The van der Waals surface area contributed by atoms with Gasteiger partial charge in [0.2, 0.25) is 5.91 Å². The summed E-state index contributed by atoms with van der Waals surface area (Å²) in [4.78, 5) is 33.0. The Morgan fingerprint density at radius 2 is 1.59 bits per heavy atom. The topological polar surface area (TPSA) is 40.6 Å². The van der Waals surface area contributed by atoms with Gasteiger partial charge in [0.05, 0.1) is 6.04 Å². The number of nitrogens with zero attached hydrogens (tertiary/aromatic N) is 2. The van der Waals surface area contributed by atoms with Gasteiger partial charge < -0.3 is 9.80 Å². The molecule has 0 fully saturated rings. The number of fused-ring (bicyclic) bond motifs is 1. The molecule has 1 aliphatic rings. The molecular weight excluding hydrogens is 524 g/mol. The molecule has 0 spiro atoms. The third-order valence-electron chi connectivity index (χ3n) is 8.31. The van der Waals surface area contributed by atoms with Gasteiger partial charge in [0.1, 0.15) is 6.54 Å². The van der Waals surface area contributed by atoms with E-state index in [1.807, 2.05) is 54.3 Å². The molecule has 0 aliphatic carbocycles. The number of amides is 2. The Balaban J connectivity index is 1.40. The van der Waals surface area contributed by atoms with Crippen molar-refractivity contribution in [1.29, 1.82) is 0 Å². The first-order valence-electron chi connectivity index (χ1n) is 14.6. The van der Waals surface area contributed by atoms with Crippen LogP contribution in [0.15, 0.2) is 90.3 Å². The smallest absolute Gasteiger partial charge is 0.254 e. The molecule has 0 saturated heterocycles. The first-order valence-corrected chi connectivity index (χ1v) is 15.5. The van der Waals surface area contributed by atoms with Crippen molar-refractivity contribution in [2.75, 3.05) is 13.1 Å². The molecule has 3 aromatic carbocycles. The molecule has 2 atom stereocenters. The molecule has 41 heavy (non-hydrogen) atoms. The molecule has 212 valence electrons. The molecule has 4 aromatic rings. The molecule has 5 rings (SSSR count). The van der Waals surface area contributed by atoms with Crippen LogP contribution >= 0.6 is 11.3 Å². The highest BCUT2D eigenvalue weighted by atomic mass is 32.1. The zero-order valence-corrected chi connectivity index (χ0v) is 25.6. The quantitative estimate of drug-likeness (QED) is 0.227. The summed E-state index contributed by atoms with van der Waals surface area (Å²) >= 11 is 1.77.